The number of benzene rings is 2. The molecule has 1 amide bonds. The Morgan fingerprint density at radius 2 is 2.00 bits per heavy atom. The van der Waals surface area contributed by atoms with Crippen molar-refractivity contribution in [3.63, 3.8) is 0 Å². The second-order valence-corrected chi connectivity index (χ2v) is 8.27. The Morgan fingerprint density at radius 1 is 1.28 bits per heavy atom. The van der Waals surface area contributed by atoms with Crippen LogP contribution in [0.15, 0.2) is 47.6 Å². The Bertz CT molecular complexity index is 1120. The molecule has 0 aliphatic rings. The Morgan fingerprint density at radius 3 is 2.66 bits per heavy atom. The number of rotatable bonds is 9. The molecule has 9 nitrogen and oxygen atoms in total. The lowest BCUT2D eigenvalue weighted by Crippen LogP contribution is -2.15. The van der Waals surface area contributed by atoms with Gasteiger partial charge in [-0.25, -0.2) is 0 Å². The van der Waals surface area contributed by atoms with Gasteiger partial charge in [0.1, 0.15) is 5.75 Å². The first-order chi connectivity index (χ1) is 15.3. The largest absolute Gasteiger partial charge is 0.483 e. The van der Waals surface area contributed by atoms with Crippen LogP contribution in [0.25, 0.3) is 0 Å². The number of nitro groups is 1. The van der Waals surface area contributed by atoms with Gasteiger partial charge >= 0.3 is 0 Å². The highest BCUT2D eigenvalue weighted by atomic mass is 35.5. The SMILES string of the molecule is CCc1ccc(O[C@H](C)c2nnc(SCC(=O)Nc3cc([N+](=O)[O-])ccc3Cl)n2C)cc1. The average molecular weight is 476 g/mol. The topological polar surface area (TPSA) is 112 Å². The molecule has 0 saturated heterocycles. The van der Waals surface area contributed by atoms with Gasteiger partial charge in [0.2, 0.25) is 5.91 Å². The van der Waals surface area contributed by atoms with Crippen LogP contribution in [-0.2, 0) is 18.3 Å². The van der Waals surface area contributed by atoms with Crippen molar-refractivity contribution in [2.45, 2.75) is 31.5 Å². The molecule has 1 heterocycles. The molecule has 168 valence electrons. The number of aromatic nitrogens is 3. The van der Waals surface area contributed by atoms with Gasteiger partial charge in [0.25, 0.3) is 5.69 Å². The van der Waals surface area contributed by atoms with Crippen LogP contribution in [0.2, 0.25) is 5.02 Å². The maximum absolute atomic E-state index is 12.3. The molecule has 0 radical (unpaired) electrons. The third-order valence-corrected chi connectivity index (χ3v) is 5.99. The number of carbonyl (C=O) groups excluding carboxylic acids is 1. The summed E-state index contributed by atoms with van der Waals surface area (Å²) in [5.41, 5.74) is 1.25. The zero-order chi connectivity index (χ0) is 23.3. The molecule has 0 aliphatic heterocycles. The number of ether oxygens (including phenoxy) is 1. The molecule has 0 fully saturated rings. The molecule has 0 aliphatic carbocycles. The van der Waals surface area contributed by atoms with Crippen molar-refractivity contribution in [2.75, 3.05) is 11.1 Å². The molecule has 0 spiro atoms. The van der Waals surface area contributed by atoms with Gasteiger partial charge in [-0.1, -0.05) is 42.4 Å². The van der Waals surface area contributed by atoms with Crippen LogP contribution in [-0.4, -0.2) is 31.3 Å². The molecule has 0 bridgehead atoms. The third kappa shape index (κ3) is 5.77. The molecule has 0 unspecified atom stereocenters. The molecule has 1 aromatic heterocycles. The molecule has 1 atom stereocenters. The molecule has 2 aromatic carbocycles. The maximum atomic E-state index is 12.3. The Hall–Kier alpha value is -3.11. The smallest absolute Gasteiger partial charge is 0.271 e. The zero-order valence-electron chi connectivity index (χ0n) is 17.7. The van der Waals surface area contributed by atoms with Crippen LogP contribution in [0.1, 0.15) is 31.3 Å². The van der Waals surface area contributed by atoms with E-state index >= 15 is 0 Å². The van der Waals surface area contributed by atoms with E-state index in [-0.39, 0.29) is 34.2 Å². The lowest BCUT2D eigenvalue weighted by atomic mass is 10.2. The number of carbonyl (C=O) groups is 1. The lowest BCUT2D eigenvalue weighted by Gasteiger charge is -2.14. The van der Waals surface area contributed by atoms with Gasteiger partial charge < -0.3 is 14.6 Å². The summed E-state index contributed by atoms with van der Waals surface area (Å²) in [5, 5.41) is 22.6. The summed E-state index contributed by atoms with van der Waals surface area (Å²) in [6.45, 7) is 3.97. The fourth-order valence-electron chi connectivity index (χ4n) is 2.91. The summed E-state index contributed by atoms with van der Waals surface area (Å²) in [6.07, 6.45) is 0.618. The first-order valence-corrected chi connectivity index (χ1v) is 11.2. The number of nitro benzene ring substituents is 1. The van der Waals surface area contributed by atoms with Crippen molar-refractivity contribution in [3.8, 4) is 5.75 Å². The van der Waals surface area contributed by atoms with Crippen LogP contribution >= 0.6 is 23.4 Å². The van der Waals surface area contributed by atoms with E-state index in [9.17, 15) is 14.9 Å². The van der Waals surface area contributed by atoms with Crippen LogP contribution in [0.5, 0.6) is 5.75 Å². The molecule has 32 heavy (non-hydrogen) atoms. The standard InChI is InChI=1S/C21H22ClN5O4S/c1-4-14-5-8-16(9-6-14)31-13(2)20-24-25-21(26(20)3)32-12-19(28)23-18-11-15(27(29)30)7-10-17(18)22/h5-11,13H,4,12H2,1-3H3,(H,23,28)/t13-/m1/s1. The van der Waals surface area contributed by atoms with Gasteiger partial charge in [0.15, 0.2) is 17.1 Å². The highest BCUT2D eigenvalue weighted by Gasteiger charge is 2.19. The molecule has 3 aromatic rings. The number of hydrogen-bond donors (Lipinski definition) is 1. The summed E-state index contributed by atoms with van der Waals surface area (Å²) in [6, 6.07) is 11.7. The Kier molecular flexibility index (Phi) is 7.70. The molecule has 11 heteroatoms. The number of anilines is 1. The average Bonchev–Trinajstić information content (AvgIpc) is 3.14. The highest BCUT2D eigenvalue weighted by molar-refractivity contribution is 7.99. The van der Waals surface area contributed by atoms with Gasteiger partial charge in [0.05, 0.1) is 21.4 Å². The Balaban J connectivity index is 1.60. The number of aryl methyl sites for hydroxylation is 1. The second kappa shape index (κ2) is 10.5. The van der Waals surface area contributed by atoms with E-state index in [4.69, 9.17) is 16.3 Å². The predicted molar refractivity (Wildman–Crippen MR) is 123 cm³/mol. The summed E-state index contributed by atoms with van der Waals surface area (Å²) < 4.78 is 7.73. The zero-order valence-corrected chi connectivity index (χ0v) is 19.3. The van der Waals surface area contributed by atoms with Crippen LogP contribution in [0.4, 0.5) is 11.4 Å². The third-order valence-electron chi connectivity index (χ3n) is 4.64. The quantitative estimate of drug-likeness (QED) is 0.268. The van der Waals surface area contributed by atoms with Crippen molar-refractivity contribution in [1.29, 1.82) is 0 Å². The minimum Gasteiger partial charge on any atom is -0.483 e. The van der Waals surface area contributed by atoms with Gasteiger partial charge in [-0.05, 0) is 37.1 Å². The summed E-state index contributed by atoms with van der Waals surface area (Å²) in [4.78, 5) is 22.7. The number of amides is 1. The minimum atomic E-state index is -0.552. The molecule has 1 N–H and O–H groups in total. The van der Waals surface area contributed by atoms with Crippen LogP contribution < -0.4 is 10.1 Å². The fraction of sp³-hybridized carbons (Fsp3) is 0.286. The van der Waals surface area contributed by atoms with E-state index in [2.05, 4.69) is 22.4 Å². The minimum absolute atomic E-state index is 0.0265. The first-order valence-electron chi connectivity index (χ1n) is 9.80. The summed E-state index contributed by atoms with van der Waals surface area (Å²) >= 11 is 7.21. The van der Waals surface area contributed by atoms with Crippen LogP contribution in [0, 0.1) is 10.1 Å². The number of nitrogens with zero attached hydrogens (tertiary/aromatic N) is 4. The summed E-state index contributed by atoms with van der Waals surface area (Å²) in [7, 11) is 1.80. The molecular weight excluding hydrogens is 454 g/mol. The van der Waals surface area contributed by atoms with E-state index in [0.717, 1.165) is 12.2 Å². The number of nitrogens with one attached hydrogen (secondary N) is 1. The molecular formula is C21H22ClN5O4S. The van der Waals surface area contributed by atoms with Gasteiger partial charge in [0, 0.05) is 19.2 Å². The Labute approximate surface area is 194 Å². The number of thioether (sulfide) groups is 1. The van der Waals surface area contributed by atoms with Crippen molar-refractivity contribution >= 4 is 40.6 Å². The van der Waals surface area contributed by atoms with Crippen molar-refractivity contribution in [1.82, 2.24) is 14.8 Å². The van der Waals surface area contributed by atoms with E-state index < -0.39 is 4.92 Å². The molecule has 0 saturated carbocycles. The van der Waals surface area contributed by atoms with Crippen molar-refractivity contribution < 1.29 is 14.5 Å². The second-order valence-electron chi connectivity index (χ2n) is 6.92. The predicted octanol–water partition coefficient (Wildman–Crippen LogP) is 4.81. The van der Waals surface area contributed by atoms with E-state index in [1.807, 2.05) is 31.2 Å². The van der Waals surface area contributed by atoms with E-state index in [1.54, 1.807) is 11.6 Å². The van der Waals surface area contributed by atoms with Crippen molar-refractivity contribution in [3.05, 3.63) is 69.0 Å². The van der Waals surface area contributed by atoms with E-state index in [1.165, 1.54) is 35.5 Å². The lowest BCUT2D eigenvalue weighted by molar-refractivity contribution is -0.384. The van der Waals surface area contributed by atoms with Gasteiger partial charge in [-0.15, -0.1) is 10.2 Å². The fourth-order valence-corrected chi connectivity index (χ4v) is 3.79. The molecule has 3 rings (SSSR count). The van der Waals surface area contributed by atoms with E-state index in [0.29, 0.717) is 11.0 Å². The summed E-state index contributed by atoms with van der Waals surface area (Å²) in [5.74, 6) is 1.01. The monoisotopic (exact) mass is 475 g/mol. The van der Waals surface area contributed by atoms with Crippen molar-refractivity contribution in [2.24, 2.45) is 7.05 Å². The van der Waals surface area contributed by atoms with Gasteiger partial charge in [-0.3, -0.25) is 14.9 Å². The van der Waals surface area contributed by atoms with Crippen LogP contribution in [0.3, 0.4) is 0 Å². The highest BCUT2D eigenvalue weighted by Crippen LogP contribution is 2.28. The number of halogens is 1. The first kappa shape index (κ1) is 23.6. The number of hydrogen-bond acceptors (Lipinski definition) is 7. The normalized spacial score (nSPS) is 11.8. The van der Waals surface area contributed by atoms with Gasteiger partial charge in [-0.2, -0.15) is 0 Å². The maximum Gasteiger partial charge on any atom is 0.271 e. The number of non-ortho nitro benzene ring substituents is 1.